The van der Waals surface area contributed by atoms with E-state index in [1.54, 1.807) is 0 Å². The van der Waals surface area contributed by atoms with Gasteiger partial charge in [0.05, 0.1) is 12.5 Å². The van der Waals surface area contributed by atoms with E-state index in [0.29, 0.717) is 13.2 Å². The van der Waals surface area contributed by atoms with Crippen LogP contribution in [0, 0.1) is 5.92 Å². The lowest BCUT2D eigenvalue weighted by atomic mass is 9.92. The van der Waals surface area contributed by atoms with E-state index < -0.39 is 5.60 Å². The van der Waals surface area contributed by atoms with Crippen molar-refractivity contribution in [1.82, 2.24) is 10.2 Å². The molecule has 2 saturated heterocycles. The molecule has 2 aliphatic rings. The number of aliphatic hydroxyl groups is 1. The Bertz CT molecular complexity index is 356. The fourth-order valence-corrected chi connectivity index (χ4v) is 3.66. The summed E-state index contributed by atoms with van der Waals surface area (Å²) in [7, 11) is 0. The van der Waals surface area contributed by atoms with Crippen LogP contribution in [0.1, 0.15) is 52.4 Å². The predicted molar refractivity (Wildman–Crippen MR) is 86.7 cm³/mol. The summed E-state index contributed by atoms with van der Waals surface area (Å²) in [5.74, 6) is 0.235. The van der Waals surface area contributed by atoms with E-state index in [9.17, 15) is 9.90 Å². The normalized spacial score (nSPS) is 31.7. The van der Waals surface area contributed by atoms with Gasteiger partial charge in [0.25, 0.3) is 0 Å². The highest BCUT2D eigenvalue weighted by Gasteiger charge is 2.35. The lowest BCUT2D eigenvalue weighted by molar-refractivity contribution is -0.130. The second kappa shape index (κ2) is 8.27. The lowest BCUT2D eigenvalue weighted by Gasteiger charge is -2.40. The van der Waals surface area contributed by atoms with Gasteiger partial charge in [0, 0.05) is 25.7 Å². The molecule has 5 nitrogen and oxygen atoms in total. The molecule has 0 spiro atoms. The first-order chi connectivity index (χ1) is 10.5. The Morgan fingerprint density at radius 2 is 2.32 bits per heavy atom. The minimum Gasteiger partial charge on any atom is -0.386 e. The van der Waals surface area contributed by atoms with Gasteiger partial charge >= 0.3 is 0 Å². The smallest absolute Gasteiger partial charge is 0.224 e. The molecule has 3 atom stereocenters. The quantitative estimate of drug-likeness (QED) is 0.781. The maximum Gasteiger partial charge on any atom is 0.224 e. The van der Waals surface area contributed by atoms with Crippen LogP contribution in [-0.2, 0) is 9.53 Å². The summed E-state index contributed by atoms with van der Waals surface area (Å²) in [6, 6.07) is 0.254. The Hall–Kier alpha value is -0.650. The number of likely N-dealkylation sites (tertiary alicyclic amines) is 1. The zero-order valence-electron chi connectivity index (χ0n) is 14.1. The molecule has 2 heterocycles. The topological polar surface area (TPSA) is 61.8 Å². The molecule has 2 aliphatic heterocycles. The Morgan fingerprint density at radius 3 is 3.00 bits per heavy atom. The summed E-state index contributed by atoms with van der Waals surface area (Å²) in [4.78, 5) is 14.6. The molecular formula is C17H32N2O3. The van der Waals surface area contributed by atoms with Gasteiger partial charge in [-0.2, -0.15) is 0 Å². The molecule has 0 aromatic carbocycles. The van der Waals surface area contributed by atoms with Gasteiger partial charge in [0.2, 0.25) is 5.91 Å². The summed E-state index contributed by atoms with van der Waals surface area (Å²) < 4.78 is 5.42. The van der Waals surface area contributed by atoms with Crippen LogP contribution in [0.3, 0.4) is 0 Å². The number of piperidine rings is 1. The van der Waals surface area contributed by atoms with E-state index in [-0.39, 0.29) is 17.9 Å². The first-order valence-electron chi connectivity index (χ1n) is 8.85. The highest BCUT2D eigenvalue weighted by molar-refractivity contribution is 5.79. The van der Waals surface area contributed by atoms with E-state index in [1.807, 2.05) is 0 Å². The van der Waals surface area contributed by atoms with E-state index >= 15 is 0 Å². The van der Waals surface area contributed by atoms with Crippen molar-refractivity contribution in [1.29, 1.82) is 0 Å². The number of carbonyl (C=O) groups excluding carboxylic acids is 1. The molecule has 3 unspecified atom stereocenters. The Labute approximate surface area is 134 Å². The van der Waals surface area contributed by atoms with Crippen LogP contribution in [0.25, 0.3) is 0 Å². The van der Waals surface area contributed by atoms with Gasteiger partial charge in [-0.15, -0.1) is 0 Å². The van der Waals surface area contributed by atoms with Crippen LogP contribution in [0.15, 0.2) is 0 Å². The van der Waals surface area contributed by atoms with E-state index in [1.165, 1.54) is 0 Å². The summed E-state index contributed by atoms with van der Waals surface area (Å²) in [5.41, 5.74) is -0.730. The standard InChI is InChI=1S/C17H32N2O3/c1-3-6-14(2)18-16(20)15-7-4-9-19(11-15)12-17(21)8-5-10-22-13-17/h14-15,21H,3-13H2,1-2H3,(H,18,20). The molecule has 0 aromatic rings. The minimum absolute atomic E-state index is 0.0566. The molecule has 2 N–H and O–H groups in total. The van der Waals surface area contributed by atoms with Crippen molar-refractivity contribution < 1.29 is 14.6 Å². The van der Waals surface area contributed by atoms with E-state index in [0.717, 1.165) is 58.2 Å². The van der Waals surface area contributed by atoms with Crippen molar-refractivity contribution >= 4 is 5.91 Å². The number of hydrogen-bond acceptors (Lipinski definition) is 4. The third-order valence-corrected chi connectivity index (χ3v) is 4.81. The highest BCUT2D eigenvalue weighted by atomic mass is 16.5. The van der Waals surface area contributed by atoms with Crippen LogP contribution < -0.4 is 5.32 Å². The molecule has 5 heteroatoms. The Morgan fingerprint density at radius 1 is 1.50 bits per heavy atom. The van der Waals surface area contributed by atoms with Crippen LogP contribution in [0.4, 0.5) is 0 Å². The van der Waals surface area contributed by atoms with Gasteiger partial charge in [-0.1, -0.05) is 13.3 Å². The predicted octanol–water partition coefficient (Wildman–Crippen LogP) is 1.54. The summed E-state index contributed by atoms with van der Waals surface area (Å²) >= 11 is 0. The van der Waals surface area contributed by atoms with Crippen LogP contribution in [0.5, 0.6) is 0 Å². The Kier molecular flexibility index (Phi) is 6.66. The number of ether oxygens (including phenoxy) is 1. The monoisotopic (exact) mass is 312 g/mol. The zero-order valence-corrected chi connectivity index (χ0v) is 14.1. The largest absolute Gasteiger partial charge is 0.386 e. The number of nitrogens with one attached hydrogen (secondary N) is 1. The number of β-amino-alcohol motifs (C(OH)–C–C–N with tert-alkyl or cyclic N) is 1. The average molecular weight is 312 g/mol. The van der Waals surface area contributed by atoms with Crippen LogP contribution >= 0.6 is 0 Å². The van der Waals surface area contributed by atoms with Gasteiger partial charge in [-0.25, -0.2) is 0 Å². The second-order valence-corrected chi connectivity index (χ2v) is 7.15. The van der Waals surface area contributed by atoms with Gasteiger partial charge in [0.1, 0.15) is 5.60 Å². The number of hydrogen-bond donors (Lipinski definition) is 2. The first kappa shape index (κ1) is 17.7. The number of carbonyl (C=O) groups is 1. The molecule has 0 saturated carbocycles. The van der Waals surface area contributed by atoms with Crippen molar-refractivity contribution in [2.75, 3.05) is 32.8 Å². The Balaban J connectivity index is 1.82. The van der Waals surface area contributed by atoms with Crippen molar-refractivity contribution in [2.24, 2.45) is 5.92 Å². The SMILES string of the molecule is CCCC(C)NC(=O)C1CCCN(CC2(O)CCCOC2)C1. The third kappa shape index (κ3) is 5.21. The molecule has 0 aromatic heterocycles. The summed E-state index contributed by atoms with van der Waals surface area (Å²) in [6.45, 7) is 7.74. The summed E-state index contributed by atoms with van der Waals surface area (Å²) in [5, 5.41) is 13.7. The fraction of sp³-hybridized carbons (Fsp3) is 0.941. The van der Waals surface area contributed by atoms with Crippen LogP contribution in [0.2, 0.25) is 0 Å². The molecule has 128 valence electrons. The first-order valence-corrected chi connectivity index (χ1v) is 8.85. The summed E-state index contributed by atoms with van der Waals surface area (Å²) in [6.07, 6.45) is 5.81. The molecule has 22 heavy (non-hydrogen) atoms. The van der Waals surface area contributed by atoms with E-state index in [2.05, 4.69) is 24.1 Å². The van der Waals surface area contributed by atoms with Gasteiger partial charge < -0.3 is 15.2 Å². The molecule has 0 aliphatic carbocycles. The number of amides is 1. The fourth-order valence-electron chi connectivity index (χ4n) is 3.66. The van der Waals surface area contributed by atoms with Gasteiger partial charge in [-0.05, 0) is 45.6 Å². The molecule has 2 fully saturated rings. The van der Waals surface area contributed by atoms with Crippen molar-refractivity contribution in [3.05, 3.63) is 0 Å². The molecule has 0 bridgehead atoms. The van der Waals surface area contributed by atoms with Crippen molar-refractivity contribution in [3.8, 4) is 0 Å². The second-order valence-electron chi connectivity index (χ2n) is 7.15. The number of rotatable bonds is 6. The lowest BCUT2D eigenvalue weighted by Crippen LogP contribution is -2.53. The van der Waals surface area contributed by atoms with Gasteiger partial charge in [-0.3, -0.25) is 9.69 Å². The number of nitrogens with zero attached hydrogens (tertiary/aromatic N) is 1. The molecule has 1 amide bonds. The molecular weight excluding hydrogens is 280 g/mol. The highest BCUT2D eigenvalue weighted by Crippen LogP contribution is 2.24. The van der Waals surface area contributed by atoms with Crippen LogP contribution in [-0.4, -0.2) is 60.4 Å². The zero-order chi connectivity index (χ0) is 16.0. The van der Waals surface area contributed by atoms with E-state index in [4.69, 9.17) is 4.74 Å². The maximum absolute atomic E-state index is 12.4. The molecule has 2 rings (SSSR count). The molecule has 0 radical (unpaired) electrons. The van der Waals surface area contributed by atoms with Crippen molar-refractivity contribution in [2.45, 2.75) is 64.0 Å². The minimum atomic E-state index is -0.730. The van der Waals surface area contributed by atoms with Crippen molar-refractivity contribution in [3.63, 3.8) is 0 Å². The third-order valence-electron chi connectivity index (χ3n) is 4.81. The maximum atomic E-state index is 12.4. The van der Waals surface area contributed by atoms with Gasteiger partial charge in [0.15, 0.2) is 0 Å². The average Bonchev–Trinajstić information content (AvgIpc) is 2.48.